The molecule has 21 heavy (non-hydrogen) atoms. The molecular weight excluding hydrogens is 288 g/mol. The Morgan fingerprint density at radius 2 is 2.10 bits per heavy atom. The molecule has 1 aromatic rings. The zero-order valence-corrected chi connectivity index (χ0v) is 12.6. The Balaban J connectivity index is 1.91. The maximum atomic E-state index is 12.1. The van der Waals surface area contributed by atoms with Crippen molar-refractivity contribution in [3.8, 4) is 0 Å². The molecule has 3 unspecified atom stereocenters. The fourth-order valence-electron chi connectivity index (χ4n) is 2.68. The topological polar surface area (TPSA) is 80.6 Å². The average molecular weight is 308 g/mol. The van der Waals surface area contributed by atoms with Crippen LogP contribution in [0.4, 0.5) is 0 Å². The van der Waals surface area contributed by atoms with E-state index in [1.54, 1.807) is 0 Å². The number of hydrogen-bond acceptors (Lipinski definition) is 3. The van der Waals surface area contributed by atoms with Gasteiger partial charge in [-0.05, 0) is 30.1 Å². The van der Waals surface area contributed by atoms with Crippen molar-refractivity contribution >= 4 is 17.1 Å². The van der Waals surface area contributed by atoms with Crippen LogP contribution in [0.3, 0.4) is 0 Å². The van der Waals surface area contributed by atoms with Crippen LogP contribution in [-0.2, 0) is 21.7 Å². The van der Waals surface area contributed by atoms with E-state index in [2.05, 4.69) is 0 Å². The largest absolute Gasteiger partial charge is 0.616 e. The quantitative estimate of drug-likeness (QED) is 0.623. The van der Waals surface area contributed by atoms with Crippen molar-refractivity contribution in [1.82, 2.24) is 0 Å². The normalized spacial score (nSPS) is 25.1. The van der Waals surface area contributed by atoms with Gasteiger partial charge in [-0.25, -0.2) is 0 Å². The standard InChI is InChI=1S/C16H20O4S/c17-15-7-6-13(14(15)10-16(18)19)8-9-21(20)11-12-4-2-1-3-5-12/h1-5,8,14-15,17H,6-7,9-11H2,(H,18,19). The van der Waals surface area contributed by atoms with Crippen LogP contribution >= 0.6 is 0 Å². The number of hydrogen-bond donors (Lipinski definition) is 2. The molecule has 1 aliphatic carbocycles. The van der Waals surface area contributed by atoms with Gasteiger partial charge in [-0.2, -0.15) is 0 Å². The summed E-state index contributed by atoms with van der Waals surface area (Å²) in [6.45, 7) is 0. The molecule has 1 aromatic carbocycles. The average Bonchev–Trinajstić information content (AvgIpc) is 2.78. The monoisotopic (exact) mass is 308 g/mol. The molecule has 0 spiro atoms. The van der Waals surface area contributed by atoms with Crippen LogP contribution in [0, 0.1) is 5.92 Å². The first kappa shape index (κ1) is 16.1. The fourth-order valence-corrected chi connectivity index (χ4v) is 3.76. The van der Waals surface area contributed by atoms with Gasteiger partial charge in [0.1, 0.15) is 11.5 Å². The number of carboxylic acid groups (broad SMARTS) is 1. The summed E-state index contributed by atoms with van der Waals surface area (Å²) >= 11 is -1.01. The van der Waals surface area contributed by atoms with Gasteiger partial charge in [-0.3, -0.25) is 4.79 Å². The van der Waals surface area contributed by atoms with Crippen molar-refractivity contribution in [3.05, 3.63) is 47.5 Å². The third kappa shape index (κ3) is 4.88. The maximum Gasteiger partial charge on any atom is 0.304 e. The summed E-state index contributed by atoms with van der Waals surface area (Å²) < 4.78 is 12.1. The first-order chi connectivity index (χ1) is 10.1. The zero-order chi connectivity index (χ0) is 15.2. The summed E-state index contributed by atoms with van der Waals surface area (Å²) in [6, 6.07) is 9.64. The van der Waals surface area contributed by atoms with E-state index in [1.807, 2.05) is 36.4 Å². The van der Waals surface area contributed by atoms with E-state index < -0.39 is 23.2 Å². The first-order valence-corrected chi connectivity index (χ1v) is 8.52. The molecule has 0 radical (unpaired) electrons. The summed E-state index contributed by atoms with van der Waals surface area (Å²) in [5.74, 6) is -0.322. The second-order valence-electron chi connectivity index (χ2n) is 5.33. The molecule has 114 valence electrons. The van der Waals surface area contributed by atoms with Gasteiger partial charge < -0.3 is 14.8 Å². The van der Waals surface area contributed by atoms with E-state index in [0.29, 0.717) is 24.3 Å². The minimum atomic E-state index is -1.01. The molecule has 0 amide bonds. The fraction of sp³-hybridized carbons (Fsp3) is 0.438. The van der Waals surface area contributed by atoms with Crippen LogP contribution in [0.2, 0.25) is 0 Å². The van der Waals surface area contributed by atoms with Crippen LogP contribution < -0.4 is 0 Å². The minimum Gasteiger partial charge on any atom is -0.616 e. The van der Waals surface area contributed by atoms with Crippen LogP contribution in [-0.4, -0.2) is 32.6 Å². The molecule has 2 N–H and O–H groups in total. The van der Waals surface area contributed by atoms with E-state index >= 15 is 0 Å². The Kier molecular flexibility index (Phi) is 5.85. The second-order valence-corrected chi connectivity index (χ2v) is 6.83. The SMILES string of the molecule is O=C(O)CC1C(=CC[S+]([O-])Cc2ccccc2)CCC1O. The molecular formula is C16H20O4S. The highest BCUT2D eigenvalue weighted by molar-refractivity contribution is 7.90. The molecule has 3 atom stereocenters. The molecule has 1 saturated carbocycles. The third-order valence-electron chi connectivity index (χ3n) is 3.77. The van der Waals surface area contributed by atoms with Crippen LogP contribution in [0.15, 0.2) is 42.0 Å². The second kappa shape index (κ2) is 7.64. The highest BCUT2D eigenvalue weighted by atomic mass is 32.2. The minimum absolute atomic E-state index is 0.0572. The highest BCUT2D eigenvalue weighted by Gasteiger charge is 2.31. The van der Waals surface area contributed by atoms with Gasteiger partial charge in [0.2, 0.25) is 0 Å². The first-order valence-electron chi connectivity index (χ1n) is 7.04. The van der Waals surface area contributed by atoms with Crippen LogP contribution in [0.5, 0.6) is 0 Å². The van der Waals surface area contributed by atoms with Crippen LogP contribution in [0.25, 0.3) is 0 Å². The van der Waals surface area contributed by atoms with Gasteiger partial charge in [0.15, 0.2) is 0 Å². The van der Waals surface area contributed by atoms with Gasteiger partial charge in [0.05, 0.1) is 12.5 Å². The van der Waals surface area contributed by atoms with E-state index in [4.69, 9.17) is 5.11 Å². The zero-order valence-electron chi connectivity index (χ0n) is 11.8. The third-order valence-corrected chi connectivity index (χ3v) is 4.96. The van der Waals surface area contributed by atoms with Gasteiger partial charge in [0.25, 0.3) is 0 Å². The number of aliphatic hydroxyl groups excluding tert-OH is 1. The Bertz CT molecular complexity index is 500. The molecule has 1 fully saturated rings. The van der Waals surface area contributed by atoms with E-state index in [0.717, 1.165) is 11.1 Å². The molecule has 5 heteroatoms. The summed E-state index contributed by atoms with van der Waals surface area (Å²) in [4.78, 5) is 10.8. The number of aliphatic carboxylic acids is 1. The molecule has 4 nitrogen and oxygen atoms in total. The molecule has 0 aliphatic heterocycles. The summed E-state index contributed by atoms with van der Waals surface area (Å²) in [5.41, 5.74) is 1.97. The number of rotatable bonds is 6. The van der Waals surface area contributed by atoms with Crippen molar-refractivity contribution in [2.75, 3.05) is 5.75 Å². The molecule has 1 aliphatic rings. The van der Waals surface area contributed by atoms with E-state index in [-0.39, 0.29) is 12.3 Å². The predicted molar refractivity (Wildman–Crippen MR) is 82.2 cm³/mol. The molecule has 0 saturated heterocycles. The Morgan fingerprint density at radius 1 is 1.38 bits per heavy atom. The summed E-state index contributed by atoms with van der Waals surface area (Å²) in [5, 5.41) is 18.7. The Morgan fingerprint density at radius 3 is 2.76 bits per heavy atom. The van der Waals surface area contributed by atoms with E-state index in [1.165, 1.54) is 0 Å². The number of benzene rings is 1. The lowest BCUT2D eigenvalue weighted by Crippen LogP contribution is -2.18. The van der Waals surface area contributed by atoms with Gasteiger partial charge in [-0.15, -0.1) is 0 Å². The smallest absolute Gasteiger partial charge is 0.304 e. The van der Waals surface area contributed by atoms with Crippen LogP contribution in [0.1, 0.15) is 24.8 Å². The van der Waals surface area contributed by atoms with Gasteiger partial charge >= 0.3 is 5.97 Å². The number of aliphatic hydroxyl groups is 1. The molecule has 0 heterocycles. The van der Waals surface area contributed by atoms with Crippen molar-refractivity contribution in [2.24, 2.45) is 5.92 Å². The van der Waals surface area contributed by atoms with Crippen molar-refractivity contribution < 1.29 is 19.6 Å². The van der Waals surface area contributed by atoms with Crippen molar-refractivity contribution in [2.45, 2.75) is 31.1 Å². The molecule has 2 rings (SSSR count). The lowest BCUT2D eigenvalue weighted by Gasteiger charge is -2.14. The summed E-state index contributed by atoms with van der Waals surface area (Å²) in [7, 11) is 0. The maximum absolute atomic E-state index is 12.1. The summed E-state index contributed by atoms with van der Waals surface area (Å²) in [6.07, 6.45) is 2.51. The number of carbonyl (C=O) groups is 1. The lowest BCUT2D eigenvalue weighted by molar-refractivity contribution is -0.138. The van der Waals surface area contributed by atoms with Crippen molar-refractivity contribution in [3.63, 3.8) is 0 Å². The number of carboxylic acids is 1. The molecule has 0 aromatic heterocycles. The van der Waals surface area contributed by atoms with Gasteiger partial charge in [0, 0.05) is 11.5 Å². The Hall–Kier alpha value is -1.30. The van der Waals surface area contributed by atoms with Gasteiger partial charge in [-0.1, -0.05) is 35.9 Å². The van der Waals surface area contributed by atoms with Crippen molar-refractivity contribution in [1.29, 1.82) is 0 Å². The highest BCUT2D eigenvalue weighted by Crippen LogP contribution is 2.34. The lowest BCUT2D eigenvalue weighted by atomic mass is 9.97. The van der Waals surface area contributed by atoms with E-state index in [9.17, 15) is 14.5 Å². The predicted octanol–water partition coefficient (Wildman–Crippen LogP) is 2.11. The molecule has 0 bridgehead atoms. The Labute approximate surface area is 127 Å².